The van der Waals surface area contributed by atoms with E-state index < -0.39 is 16.1 Å². The van der Waals surface area contributed by atoms with Crippen molar-refractivity contribution in [1.29, 1.82) is 0 Å². The monoisotopic (exact) mass is 632 g/mol. The maximum Gasteiger partial charge on any atom is -1.00 e. The summed E-state index contributed by atoms with van der Waals surface area (Å²) in [5, 5.41) is 6.11. The van der Waals surface area contributed by atoms with Gasteiger partial charge in [0.15, 0.2) is 0 Å². The van der Waals surface area contributed by atoms with Crippen LogP contribution in [0.1, 0.15) is 38.8 Å². The van der Waals surface area contributed by atoms with Crippen LogP contribution in [0, 0.1) is 13.8 Å². The van der Waals surface area contributed by atoms with Crippen molar-refractivity contribution in [1.82, 2.24) is 0 Å². The van der Waals surface area contributed by atoms with Gasteiger partial charge in [-0.15, -0.1) is 0 Å². The van der Waals surface area contributed by atoms with Crippen molar-refractivity contribution in [2.45, 2.75) is 66.2 Å². The summed E-state index contributed by atoms with van der Waals surface area (Å²) < 4.78 is 1.54. The summed E-state index contributed by atoms with van der Waals surface area (Å²) in [6.45, 7) is 21.7. The third kappa shape index (κ3) is 5.40. The molecule has 38 heavy (non-hydrogen) atoms. The summed E-state index contributed by atoms with van der Waals surface area (Å²) in [6.07, 6.45) is 0. The number of hydrogen-bond donors (Lipinski definition) is 0. The predicted octanol–water partition coefficient (Wildman–Crippen LogP) is -2.74. The second-order valence-corrected chi connectivity index (χ2v) is 21.7. The Morgan fingerprint density at radius 3 is 1.66 bits per heavy atom. The molecule has 4 rings (SSSR count). The molecule has 0 saturated carbocycles. The van der Waals surface area contributed by atoms with Crippen LogP contribution in [0.2, 0.25) is 24.7 Å². The van der Waals surface area contributed by atoms with Crippen LogP contribution < -0.4 is 58.0 Å². The van der Waals surface area contributed by atoms with E-state index in [-0.39, 0.29) is 42.3 Å². The minimum absolute atomic E-state index is 0. The zero-order chi connectivity index (χ0) is 25.8. The van der Waals surface area contributed by atoms with Gasteiger partial charge in [0.1, 0.15) is 0 Å². The molecule has 0 nitrogen and oxygen atoms in total. The molecule has 6 heteroatoms. The Morgan fingerprint density at radius 2 is 1.16 bits per heavy atom. The molecule has 3 aromatic carbocycles. The Kier molecular flexibility index (Phi) is 11.8. The van der Waals surface area contributed by atoms with Crippen molar-refractivity contribution < 1.29 is 57.7 Å². The molecular formula is C32H39Cl3Si2Ti. The van der Waals surface area contributed by atoms with Gasteiger partial charge in [0.05, 0.1) is 0 Å². The molecule has 0 fully saturated rings. The van der Waals surface area contributed by atoms with E-state index in [1.54, 1.807) is 25.0 Å². The smallest absolute Gasteiger partial charge is 1.00 e. The molecule has 2 atom stereocenters. The number of hydrogen-bond acceptors (Lipinski definition) is 0. The van der Waals surface area contributed by atoms with Crippen LogP contribution in [-0.4, -0.2) is 16.1 Å². The van der Waals surface area contributed by atoms with Crippen LogP contribution in [0.4, 0.5) is 0 Å². The summed E-state index contributed by atoms with van der Waals surface area (Å²) in [7, 11) is -4.12. The van der Waals surface area contributed by atoms with Gasteiger partial charge in [-0.25, -0.2) is 0 Å². The quantitative estimate of drug-likeness (QED) is 0.212. The summed E-state index contributed by atoms with van der Waals surface area (Å²) in [4.78, 5) is 0. The van der Waals surface area contributed by atoms with Gasteiger partial charge >= 0.3 is 228 Å². The molecule has 0 spiro atoms. The van der Waals surface area contributed by atoms with E-state index in [4.69, 9.17) is 0 Å². The van der Waals surface area contributed by atoms with Gasteiger partial charge in [-0.1, -0.05) is 0 Å². The fraction of sp³-hybridized carbons (Fsp3) is 0.312. The topological polar surface area (TPSA) is 0 Å². The fourth-order valence-electron chi connectivity index (χ4n) is 6.31. The molecule has 0 amide bonds. The van der Waals surface area contributed by atoms with E-state index in [1.807, 2.05) is 0 Å². The molecule has 0 bridgehead atoms. The van der Waals surface area contributed by atoms with Gasteiger partial charge in [-0.3, -0.25) is 0 Å². The van der Waals surface area contributed by atoms with Crippen molar-refractivity contribution in [2.75, 3.05) is 0 Å². The van der Waals surface area contributed by atoms with E-state index >= 15 is 0 Å². The second-order valence-electron chi connectivity index (χ2n) is 11.6. The molecule has 0 aliphatic heterocycles. The molecule has 0 radical (unpaired) electrons. The first-order valence-electron chi connectivity index (χ1n) is 12.7. The van der Waals surface area contributed by atoms with Gasteiger partial charge < -0.3 is 37.2 Å². The van der Waals surface area contributed by atoms with Crippen LogP contribution >= 0.6 is 0 Å². The maximum absolute atomic E-state index is 2.62. The Bertz CT molecular complexity index is 1330. The van der Waals surface area contributed by atoms with E-state index in [0.29, 0.717) is 0 Å². The van der Waals surface area contributed by atoms with E-state index in [0.717, 1.165) is 0 Å². The summed E-state index contributed by atoms with van der Waals surface area (Å²) in [6, 6.07) is 28.4. The van der Waals surface area contributed by atoms with Crippen molar-refractivity contribution in [3.8, 4) is 0 Å². The van der Waals surface area contributed by atoms with Gasteiger partial charge in [0, 0.05) is 0 Å². The predicted molar refractivity (Wildman–Crippen MR) is 156 cm³/mol. The standard InChI is InChI=1S/C32H39Si2.3ClH.Ti/c1-23-19-29(33(7,8)9)21-30(20-23)34(28-16-11-10-12-17-28,31-18-14-13-15-24(31)2)32(6)22-25(3)26(4)27(32)5;;;;/h10-21H,1-9H3;3*1H;/q;;;;+3/p-3. The van der Waals surface area contributed by atoms with E-state index in [9.17, 15) is 0 Å². The Morgan fingerprint density at radius 1 is 0.632 bits per heavy atom. The average Bonchev–Trinajstić information content (AvgIpc) is 2.96. The molecule has 1 aliphatic carbocycles. The Labute approximate surface area is 263 Å². The van der Waals surface area contributed by atoms with Gasteiger partial charge in [0.2, 0.25) is 0 Å². The molecule has 3 aromatic rings. The zero-order valence-electron chi connectivity index (χ0n) is 24.1. The van der Waals surface area contributed by atoms with E-state index in [1.165, 1.54) is 27.5 Å². The van der Waals surface area contributed by atoms with Crippen molar-refractivity contribution in [3.05, 3.63) is 105 Å². The number of allylic oxidation sites excluding steroid dienone is 4. The summed E-state index contributed by atoms with van der Waals surface area (Å²) in [5.74, 6) is 0. The van der Waals surface area contributed by atoms with Crippen molar-refractivity contribution in [3.63, 3.8) is 0 Å². The van der Waals surface area contributed by atoms with Crippen LogP contribution in [0.3, 0.4) is 0 Å². The second kappa shape index (κ2) is 12.8. The molecule has 2 unspecified atom stereocenters. The van der Waals surface area contributed by atoms with Crippen LogP contribution in [0.25, 0.3) is 0 Å². The van der Waals surface area contributed by atoms with E-state index in [2.05, 4.69) is 154 Å². The average molecular weight is 634 g/mol. The zero-order valence-corrected chi connectivity index (χ0v) is 29.9. The summed E-state index contributed by atoms with van der Waals surface area (Å²) >= 11 is 2.41. The number of aryl methyl sites for hydroxylation is 2. The maximum atomic E-state index is 2.62. The van der Waals surface area contributed by atoms with Gasteiger partial charge in [-0.2, -0.15) is 0 Å². The molecule has 0 N–H and O–H groups in total. The number of rotatable bonds is 5. The molecule has 0 heterocycles. The van der Waals surface area contributed by atoms with Crippen LogP contribution in [0.15, 0.2) is 93.4 Å². The SMILES string of the molecule is CC1=C(C)C(C)([Si](c2ccccc2)(c2cc(C)cc([Si](C)(C)C)c2)c2ccccc2C)[C]([Ti+3])=C1C.[Cl-].[Cl-].[Cl-]. The third-order valence-electron chi connectivity index (χ3n) is 8.63. The van der Waals surface area contributed by atoms with Gasteiger partial charge in [-0.05, 0) is 0 Å². The van der Waals surface area contributed by atoms with Crippen LogP contribution in [0.5, 0.6) is 0 Å². The Balaban J connectivity index is 0.00000241. The minimum Gasteiger partial charge on any atom is -1.00 e. The third-order valence-corrected chi connectivity index (χ3v) is 18.3. The first-order chi connectivity index (χ1) is 16.4. The van der Waals surface area contributed by atoms with Gasteiger partial charge in [0.25, 0.3) is 0 Å². The first-order valence-corrected chi connectivity index (χ1v) is 19.0. The van der Waals surface area contributed by atoms with Crippen molar-refractivity contribution >= 4 is 36.9 Å². The van der Waals surface area contributed by atoms with Crippen molar-refractivity contribution in [2.24, 2.45) is 0 Å². The minimum atomic E-state index is -2.60. The Hall–Kier alpha value is -0.842. The molecular weight excluding hydrogens is 595 g/mol. The molecule has 200 valence electrons. The largest absolute Gasteiger partial charge is 1.00 e. The fourth-order valence-corrected chi connectivity index (χ4v) is 15.7. The normalized spacial score (nSPS) is 18.8. The number of benzene rings is 3. The summed E-state index contributed by atoms with van der Waals surface area (Å²) in [5.41, 5.74) is 7.29. The number of halogens is 3. The first kappa shape index (κ1) is 35.2. The van der Waals surface area contributed by atoms with Crippen LogP contribution in [-0.2, 0) is 20.4 Å². The molecule has 0 aromatic heterocycles. The molecule has 1 aliphatic rings. The molecule has 0 saturated heterocycles.